The Balaban J connectivity index is 0. The van der Waals surface area contributed by atoms with Gasteiger partial charge in [0.15, 0.2) is 0 Å². The van der Waals surface area contributed by atoms with Gasteiger partial charge in [-0.2, -0.15) is 0 Å². The zero-order valence-electron chi connectivity index (χ0n) is 10.4. The van der Waals surface area contributed by atoms with E-state index in [0.29, 0.717) is 11.8 Å². The van der Waals surface area contributed by atoms with Crippen LogP contribution in [0.5, 0.6) is 0 Å². The van der Waals surface area contributed by atoms with Crippen LogP contribution in [0, 0.1) is 11.8 Å². The Morgan fingerprint density at radius 1 is 1.12 bits per heavy atom. The van der Waals surface area contributed by atoms with Gasteiger partial charge in [0.25, 0.3) is 0 Å². The molecule has 0 aromatic rings. The highest BCUT2D eigenvalue weighted by Gasteiger charge is 2.03. The molecule has 0 amide bonds. The van der Waals surface area contributed by atoms with Crippen LogP contribution in [0.15, 0.2) is 12.2 Å². The van der Waals surface area contributed by atoms with Gasteiger partial charge in [-0.1, -0.05) is 20.4 Å². The average molecular weight is 232 g/mol. The molecule has 0 saturated carbocycles. The largest absolute Gasteiger partial charge is 0.478 e. The minimum atomic E-state index is -0.935. The standard InChI is InChI=1S/C8H18O2.C4H6O2/c1-7(5-9)3-4-8(2)6-10;1-3(2)4(5)6/h7-10H,3-6H2,1-2H3;1H2,2H3,(H,5,6). The first kappa shape index (κ1) is 17.5. The molecule has 3 N–H and O–H groups in total. The number of rotatable bonds is 6. The minimum Gasteiger partial charge on any atom is -0.478 e. The topological polar surface area (TPSA) is 77.8 Å². The molecule has 0 aromatic heterocycles. The molecular formula is C12H24O4. The van der Waals surface area contributed by atoms with Gasteiger partial charge in [-0.15, -0.1) is 0 Å². The number of aliphatic hydroxyl groups is 2. The van der Waals surface area contributed by atoms with Gasteiger partial charge in [0, 0.05) is 18.8 Å². The number of carboxylic acid groups (broad SMARTS) is 1. The lowest BCUT2D eigenvalue weighted by Gasteiger charge is -2.10. The van der Waals surface area contributed by atoms with E-state index in [-0.39, 0.29) is 18.8 Å². The second-order valence-corrected chi connectivity index (χ2v) is 4.24. The number of aliphatic hydroxyl groups excluding tert-OH is 2. The third kappa shape index (κ3) is 13.1. The lowest BCUT2D eigenvalue weighted by atomic mass is 9.99. The molecule has 0 aliphatic rings. The molecule has 0 spiro atoms. The summed E-state index contributed by atoms with van der Waals surface area (Å²) in [6, 6.07) is 0. The number of hydrogen-bond donors (Lipinski definition) is 3. The molecular weight excluding hydrogens is 208 g/mol. The third-order valence-electron chi connectivity index (χ3n) is 2.14. The highest BCUT2D eigenvalue weighted by atomic mass is 16.4. The van der Waals surface area contributed by atoms with Crippen LogP contribution >= 0.6 is 0 Å². The van der Waals surface area contributed by atoms with Gasteiger partial charge in [-0.3, -0.25) is 0 Å². The van der Waals surface area contributed by atoms with Gasteiger partial charge in [0.2, 0.25) is 0 Å². The molecule has 4 nitrogen and oxygen atoms in total. The van der Waals surface area contributed by atoms with Crippen molar-refractivity contribution in [1.82, 2.24) is 0 Å². The quantitative estimate of drug-likeness (QED) is 0.609. The predicted octanol–water partition coefficient (Wildman–Crippen LogP) is 1.67. The summed E-state index contributed by atoms with van der Waals surface area (Å²) >= 11 is 0. The van der Waals surface area contributed by atoms with Crippen LogP contribution in [0.25, 0.3) is 0 Å². The smallest absolute Gasteiger partial charge is 0.330 e. The van der Waals surface area contributed by atoms with Crippen molar-refractivity contribution in [3.63, 3.8) is 0 Å². The van der Waals surface area contributed by atoms with Crippen molar-refractivity contribution in [1.29, 1.82) is 0 Å². The van der Waals surface area contributed by atoms with Crippen molar-refractivity contribution in [2.45, 2.75) is 33.6 Å². The molecule has 0 aliphatic carbocycles. The Morgan fingerprint density at radius 3 is 1.50 bits per heavy atom. The van der Waals surface area contributed by atoms with Crippen molar-refractivity contribution in [2.75, 3.05) is 13.2 Å². The summed E-state index contributed by atoms with van der Waals surface area (Å²) in [5.74, 6) is -0.169. The summed E-state index contributed by atoms with van der Waals surface area (Å²) in [6.07, 6.45) is 2.02. The summed E-state index contributed by atoms with van der Waals surface area (Å²) in [5.41, 5.74) is 0.176. The molecule has 0 aromatic carbocycles. The van der Waals surface area contributed by atoms with Gasteiger partial charge in [0.1, 0.15) is 0 Å². The second-order valence-electron chi connectivity index (χ2n) is 4.24. The first-order valence-electron chi connectivity index (χ1n) is 5.45. The van der Waals surface area contributed by atoms with E-state index in [1.807, 2.05) is 13.8 Å². The zero-order valence-corrected chi connectivity index (χ0v) is 10.4. The molecule has 0 rings (SSSR count). The van der Waals surface area contributed by atoms with Crippen LogP contribution in [0.1, 0.15) is 33.6 Å². The van der Waals surface area contributed by atoms with Gasteiger partial charge < -0.3 is 15.3 Å². The number of aliphatic carboxylic acids is 1. The lowest BCUT2D eigenvalue weighted by Crippen LogP contribution is -2.06. The first-order valence-corrected chi connectivity index (χ1v) is 5.45. The van der Waals surface area contributed by atoms with Gasteiger partial charge in [-0.05, 0) is 31.6 Å². The highest BCUT2D eigenvalue weighted by molar-refractivity contribution is 5.84. The SMILES string of the molecule is C=C(C)C(=O)O.CC(CO)CCC(C)CO. The Labute approximate surface area is 97.6 Å². The van der Waals surface area contributed by atoms with E-state index in [9.17, 15) is 4.79 Å². The molecule has 0 fully saturated rings. The van der Waals surface area contributed by atoms with Crippen LogP contribution in [0.2, 0.25) is 0 Å². The van der Waals surface area contributed by atoms with Gasteiger partial charge in [-0.25, -0.2) is 4.79 Å². The number of carboxylic acids is 1. The summed E-state index contributed by atoms with van der Waals surface area (Å²) < 4.78 is 0. The van der Waals surface area contributed by atoms with Crippen molar-refractivity contribution in [3.8, 4) is 0 Å². The fourth-order valence-corrected chi connectivity index (χ4v) is 0.752. The second kappa shape index (κ2) is 10.6. The van der Waals surface area contributed by atoms with Crippen molar-refractivity contribution in [2.24, 2.45) is 11.8 Å². The minimum absolute atomic E-state index is 0.176. The molecule has 0 aliphatic heterocycles. The third-order valence-corrected chi connectivity index (χ3v) is 2.14. The Morgan fingerprint density at radius 2 is 1.38 bits per heavy atom. The maximum absolute atomic E-state index is 9.60. The maximum Gasteiger partial charge on any atom is 0.330 e. The molecule has 0 heterocycles. The van der Waals surface area contributed by atoms with Gasteiger partial charge in [0.05, 0.1) is 0 Å². The summed E-state index contributed by atoms with van der Waals surface area (Å²) in [4.78, 5) is 9.60. The fraction of sp³-hybridized carbons (Fsp3) is 0.750. The fourth-order valence-electron chi connectivity index (χ4n) is 0.752. The predicted molar refractivity (Wildman–Crippen MR) is 64.2 cm³/mol. The van der Waals surface area contributed by atoms with Crippen LogP contribution in [0.4, 0.5) is 0 Å². The van der Waals surface area contributed by atoms with E-state index in [4.69, 9.17) is 15.3 Å². The normalized spacial score (nSPS) is 13.3. The summed E-state index contributed by atoms with van der Waals surface area (Å²) in [7, 11) is 0. The van der Waals surface area contributed by atoms with Crippen LogP contribution in [0.3, 0.4) is 0 Å². The summed E-state index contributed by atoms with van der Waals surface area (Å²) in [6.45, 7) is 9.16. The van der Waals surface area contributed by atoms with E-state index >= 15 is 0 Å². The van der Waals surface area contributed by atoms with Crippen LogP contribution in [-0.4, -0.2) is 34.5 Å². The van der Waals surface area contributed by atoms with Crippen molar-refractivity contribution in [3.05, 3.63) is 12.2 Å². The molecule has 0 bridgehead atoms. The molecule has 0 saturated heterocycles. The van der Waals surface area contributed by atoms with E-state index in [2.05, 4.69) is 6.58 Å². The Kier molecular flexibility index (Phi) is 11.7. The molecule has 4 heteroatoms. The number of hydrogen-bond acceptors (Lipinski definition) is 3. The monoisotopic (exact) mass is 232 g/mol. The first-order chi connectivity index (χ1) is 7.34. The molecule has 96 valence electrons. The van der Waals surface area contributed by atoms with E-state index in [0.717, 1.165) is 12.8 Å². The molecule has 0 radical (unpaired) electrons. The molecule has 16 heavy (non-hydrogen) atoms. The van der Waals surface area contributed by atoms with Crippen LogP contribution < -0.4 is 0 Å². The van der Waals surface area contributed by atoms with E-state index < -0.39 is 5.97 Å². The maximum atomic E-state index is 9.60. The Bertz CT molecular complexity index is 179. The van der Waals surface area contributed by atoms with E-state index in [1.54, 1.807) is 0 Å². The average Bonchev–Trinajstić information content (AvgIpc) is 2.25. The van der Waals surface area contributed by atoms with E-state index in [1.165, 1.54) is 6.92 Å². The van der Waals surface area contributed by atoms with Crippen molar-refractivity contribution >= 4 is 5.97 Å². The van der Waals surface area contributed by atoms with Gasteiger partial charge >= 0.3 is 5.97 Å². The Hall–Kier alpha value is -0.870. The summed E-state index contributed by atoms with van der Waals surface area (Å²) in [5, 5.41) is 25.2. The lowest BCUT2D eigenvalue weighted by molar-refractivity contribution is -0.132. The van der Waals surface area contributed by atoms with Crippen molar-refractivity contribution < 1.29 is 20.1 Å². The number of carbonyl (C=O) groups is 1. The highest BCUT2D eigenvalue weighted by Crippen LogP contribution is 2.10. The molecule has 2 atom stereocenters. The zero-order chi connectivity index (χ0) is 13.1. The van der Waals surface area contributed by atoms with Crippen LogP contribution in [-0.2, 0) is 4.79 Å². The molecule has 2 unspecified atom stereocenters.